The van der Waals surface area contributed by atoms with E-state index in [4.69, 9.17) is 19.4 Å². The van der Waals surface area contributed by atoms with E-state index in [2.05, 4.69) is 191 Å². The van der Waals surface area contributed by atoms with Crippen LogP contribution in [0.2, 0.25) is 0 Å². The molecule has 6 heteroatoms. The molecule has 0 saturated heterocycles. The molecule has 6 nitrogen and oxygen atoms in total. The van der Waals surface area contributed by atoms with Crippen LogP contribution in [0.4, 0.5) is 0 Å². The smallest absolute Gasteiger partial charge is 0.164 e. The molecule has 0 atom stereocenters. The van der Waals surface area contributed by atoms with Gasteiger partial charge in [-0.3, -0.25) is 0 Å². The lowest BCUT2D eigenvalue weighted by atomic mass is 10.0. The molecule has 0 spiro atoms. The number of rotatable bonds is 5. The number of fused-ring (bicyclic) bond motifs is 11. The summed E-state index contributed by atoms with van der Waals surface area (Å²) in [6.45, 7) is 0. The van der Waals surface area contributed by atoms with Crippen LogP contribution in [0.3, 0.4) is 0 Å². The van der Waals surface area contributed by atoms with E-state index in [1.807, 2.05) is 30.3 Å². The maximum Gasteiger partial charge on any atom is 0.164 e. The summed E-state index contributed by atoms with van der Waals surface area (Å²) >= 11 is 0. The Labute approximate surface area is 371 Å². The number of hydrogen-bond acceptors (Lipinski definition) is 4. The predicted octanol–water partition coefficient (Wildman–Crippen LogP) is 15.3. The number of hydrogen-bond donors (Lipinski definition) is 0. The Balaban J connectivity index is 1.06. The van der Waals surface area contributed by atoms with Crippen molar-refractivity contribution in [3.8, 4) is 45.5 Å². The molecule has 0 aliphatic carbocycles. The van der Waals surface area contributed by atoms with Gasteiger partial charge in [0.15, 0.2) is 23.1 Å². The molecule has 302 valence electrons. The zero-order chi connectivity index (χ0) is 42.6. The van der Waals surface area contributed by atoms with Gasteiger partial charge >= 0.3 is 0 Å². The van der Waals surface area contributed by atoms with Gasteiger partial charge in [-0.05, 0) is 88.3 Å². The van der Waals surface area contributed by atoms with E-state index in [-0.39, 0.29) is 0 Å². The van der Waals surface area contributed by atoms with Crippen LogP contribution in [0.1, 0.15) is 0 Å². The Bertz CT molecular complexity index is 4150. The highest BCUT2D eigenvalue weighted by atomic mass is 16.3. The number of furan rings is 1. The highest BCUT2D eigenvalue weighted by molar-refractivity contribution is 6.18. The summed E-state index contributed by atoms with van der Waals surface area (Å²) in [4.78, 5) is 15.9. The molecule has 0 aliphatic rings. The van der Waals surface area contributed by atoms with Crippen molar-refractivity contribution >= 4 is 87.1 Å². The third-order valence-electron chi connectivity index (χ3n) is 13.1. The van der Waals surface area contributed by atoms with E-state index in [9.17, 15) is 0 Å². The zero-order valence-electron chi connectivity index (χ0n) is 34.9. The van der Waals surface area contributed by atoms with Crippen molar-refractivity contribution in [3.63, 3.8) is 0 Å². The molecular weight excluding hydrogens is 795 g/mol. The molecule has 0 saturated carbocycles. The molecule has 0 amide bonds. The minimum Gasteiger partial charge on any atom is -0.454 e. The van der Waals surface area contributed by atoms with Crippen LogP contribution in [-0.2, 0) is 0 Å². The number of nitrogens with zero attached hydrogens (tertiary/aromatic N) is 5. The molecule has 4 heterocycles. The molecule has 4 aromatic heterocycles. The predicted molar refractivity (Wildman–Crippen MR) is 267 cm³/mol. The maximum absolute atomic E-state index is 6.89. The van der Waals surface area contributed by atoms with Crippen LogP contribution >= 0.6 is 0 Å². The first-order chi connectivity index (χ1) is 32.2. The summed E-state index contributed by atoms with van der Waals surface area (Å²) in [7, 11) is 0. The average molecular weight is 830 g/mol. The summed E-state index contributed by atoms with van der Waals surface area (Å²) < 4.78 is 11.6. The van der Waals surface area contributed by atoms with Crippen molar-refractivity contribution in [1.29, 1.82) is 0 Å². The van der Waals surface area contributed by atoms with Crippen LogP contribution in [0.5, 0.6) is 0 Å². The summed E-state index contributed by atoms with van der Waals surface area (Å²) in [5.74, 6) is 1.76. The molecule has 0 fully saturated rings. The first-order valence-electron chi connectivity index (χ1n) is 21.9. The number of para-hydroxylation sites is 3. The fraction of sp³-hybridized carbons (Fsp3) is 0. The molecule has 0 bridgehead atoms. The van der Waals surface area contributed by atoms with Gasteiger partial charge in [0, 0.05) is 54.7 Å². The number of aromatic nitrogens is 5. The zero-order valence-corrected chi connectivity index (χ0v) is 34.9. The first kappa shape index (κ1) is 35.7. The second-order valence-corrected chi connectivity index (χ2v) is 16.8. The highest BCUT2D eigenvalue weighted by Gasteiger charge is 2.23. The Kier molecular flexibility index (Phi) is 7.59. The van der Waals surface area contributed by atoms with Crippen molar-refractivity contribution in [3.05, 3.63) is 212 Å². The van der Waals surface area contributed by atoms with E-state index in [0.717, 1.165) is 72.1 Å². The van der Waals surface area contributed by atoms with Crippen LogP contribution in [-0.4, -0.2) is 24.1 Å². The van der Waals surface area contributed by atoms with Gasteiger partial charge in [-0.1, -0.05) is 146 Å². The third kappa shape index (κ3) is 5.51. The highest BCUT2D eigenvalue weighted by Crippen LogP contribution is 2.43. The van der Waals surface area contributed by atoms with E-state index in [0.29, 0.717) is 17.5 Å². The van der Waals surface area contributed by atoms with Gasteiger partial charge in [-0.15, -0.1) is 0 Å². The van der Waals surface area contributed by atoms with E-state index >= 15 is 0 Å². The van der Waals surface area contributed by atoms with E-state index in [1.165, 1.54) is 43.1 Å². The third-order valence-corrected chi connectivity index (χ3v) is 13.1. The summed E-state index contributed by atoms with van der Waals surface area (Å²) in [6.07, 6.45) is 0. The maximum atomic E-state index is 6.89. The molecular formula is C59H35N5O. The fourth-order valence-electron chi connectivity index (χ4n) is 10.1. The standard InChI is InChI=1S/C59H35N5O/c1-3-15-36(16-4-1)57-60-58(41-27-28-45-44-23-11-13-25-50(44)63(51(45)34-41)43-21-5-2-6-22-43)62-59(61-57)42-31-49-46-24-12-14-26-55(46)65-56(49)54(35-42)64-52-32-39-19-9-7-17-37(39)29-47(52)48-30-38-18-8-10-20-40(38)33-53(48)64/h1-35H. The van der Waals surface area contributed by atoms with Crippen LogP contribution in [0, 0.1) is 0 Å². The topological polar surface area (TPSA) is 61.7 Å². The van der Waals surface area contributed by atoms with E-state index in [1.54, 1.807) is 0 Å². The van der Waals surface area contributed by atoms with E-state index < -0.39 is 0 Å². The minimum absolute atomic E-state index is 0.572. The molecule has 0 unspecified atom stereocenters. The second-order valence-electron chi connectivity index (χ2n) is 16.8. The first-order valence-corrected chi connectivity index (χ1v) is 21.9. The van der Waals surface area contributed by atoms with Gasteiger partial charge in [0.25, 0.3) is 0 Å². The Hall–Kier alpha value is -8.87. The largest absolute Gasteiger partial charge is 0.454 e. The fourth-order valence-corrected chi connectivity index (χ4v) is 10.1. The molecule has 14 rings (SSSR count). The lowest BCUT2D eigenvalue weighted by Gasteiger charge is -2.13. The van der Waals surface area contributed by atoms with Crippen LogP contribution in [0.25, 0.3) is 133 Å². The SMILES string of the molecule is c1ccc(-c2nc(-c3cc(-n4c5cc6ccccc6cc5c5cc6ccccc6cc54)c4oc5ccccc5c4c3)nc(-c3ccc4c5ccccc5n(-c5ccccc5)c4c3)n2)cc1. The monoisotopic (exact) mass is 829 g/mol. The average Bonchev–Trinajstić information content (AvgIpc) is 4.02. The quantitative estimate of drug-likeness (QED) is 0.173. The summed E-state index contributed by atoms with van der Waals surface area (Å²) in [6, 6.07) is 75.1. The summed E-state index contributed by atoms with van der Waals surface area (Å²) in [5, 5.41) is 11.5. The van der Waals surface area contributed by atoms with Gasteiger partial charge in [0.1, 0.15) is 5.58 Å². The number of benzene rings is 10. The Morgan fingerprint density at radius 3 is 1.52 bits per heavy atom. The second kappa shape index (κ2) is 13.8. The molecule has 65 heavy (non-hydrogen) atoms. The Morgan fingerprint density at radius 2 is 0.831 bits per heavy atom. The minimum atomic E-state index is 0.572. The van der Waals surface area contributed by atoms with Crippen molar-refractivity contribution in [2.75, 3.05) is 0 Å². The summed E-state index contributed by atoms with van der Waals surface area (Å²) in [5.41, 5.74) is 10.7. The van der Waals surface area contributed by atoms with Gasteiger partial charge in [-0.2, -0.15) is 0 Å². The molecule has 14 aromatic rings. The lowest BCUT2D eigenvalue weighted by molar-refractivity contribution is 0.666. The van der Waals surface area contributed by atoms with Crippen LogP contribution in [0.15, 0.2) is 217 Å². The van der Waals surface area contributed by atoms with Crippen molar-refractivity contribution < 1.29 is 4.42 Å². The molecule has 0 N–H and O–H groups in total. The van der Waals surface area contributed by atoms with Gasteiger partial charge in [0.05, 0.1) is 27.8 Å². The normalized spacial score (nSPS) is 12.0. The van der Waals surface area contributed by atoms with Gasteiger partial charge in [-0.25, -0.2) is 15.0 Å². The van der Waals surface area contributed by atoms with Gasteiger partial charge in [0.2, 0.25) is 0 Å². The van der Waals surface area contributed by atoms with Crippen molar-refractivity contribution in [1.82, 2.24) is 24.1 Å². The lowest BCUT2D eigenvalue weighted by Crippen LogP contribution is -2.02. The molecule has 0 aliphatic heterocycles. The van der Waals surface area contributed by atoms with Crippen LogP contribution < -0.4 is 0 Å². The van der Waals surface area contributed by atoms with Crippen molar-refractivity contribution in [2.24, 2.45) is 0 Å². The Morgan fingerprint density at radius 1 is 0.308 bits per heavy atom. The van der Waals surface area contributed by atoms with Crippen molar-refractivity contribution in [2.45, 2.75) is 0 Å². The molecule has 10 aromatic carbocycles. The molecule has 0 radical (unpaired) electrons. The van der Waals surface area contributed by atoms with Gasteiger partial charge < -0.3 is 13.6 Å².